The van der Waals surface area contributed by atoms with Gasteiger partial charge in [0.1, 0.15) is 12.4 Å². The van der Waals surface area contributed by atoms with E-state index in [1.807, 2.05) is 0 Å². The van der Waals surface area contributed by atoms with Crippen LogP contribution in [-0.4, -0.2) is 20.7 Å². The van der Waals surface area contributed by atoms with Crippen molar-refractivity contribution in [3.63, 3.8) is 0 Å². The standard InChI is InChI=1S/C10H10ClN5O/c11-7-1-3-13-5-8(7)14-10(17)6-16-4-2-9(12)15-16/h1-5H,6H2,(H2,12,15)(H,14,17). The Labute approximate surface area is 102 Å². The number of rotatable bonds is 3. The lowest BCUT2D eigenvalue weighted by atomic mass is 10.4. The molecule has 2 aromatic rings. The summed E-state index contributed by atoms with van der Waals surface area (Å²) in [6, 6.07) is 3.22. The average molecular weight is 252 g/mol. The average Bonchev–Trinajstić information content (AvgIpc) is 2.67. The Kier molecular flexibility index (Phi) is 3.24. The highest BCUT2D eigenvalue weighted by molar-refractivity contribution is 6.33. The third-order valence-corrected chi connectivity index (χ3v) is 2.34. The third-order valence-electron chi connectivity index (χ3n) is 2.01. The Hall–Kier alpha value is -2.08. The zero-order chi connectivity index (χ0) is 12.3. The molecule has 0 radical (unpaired) electrons. The molecule has 0 aliphatic rings. The van der Waals surface area contributed by atoms with Crippen molar-refractivity contribution < 1.29 is 4.79 Å². The van der Waals surface area contributed by atoms with Gasteiger partial charge in [-0.2, -0.15) is 5.10 Å². The van der Waals surface area contributed by atoms with Crippen LogP contribution in [-0.2, 0) is 11.3 Å². The largest absolute Gasteiger partial charge is 0.382 e. The van der Waals surface area contributed by atoms with Gasteiger partial charge in [-0.3, -0.25) is 14.5 Å². The first-order chi connectivity index (χ1) is 8.15. The Morgan fingerprint density at radius 3 is 3.00 bits per heavy atom. The van der Waals surface area contributed by atoms with Gasteiger partial charge >= 0.3 is 0 Å². The molecule has 6 nitrogen and oxygen atoms in total. The molecular formula is C10H10ClN5O. The van der Waals surface area contributed by atoms with E-state index in [2.05, 4.69) is 15.4 Å². The molecular weight excluding hydrogens is 242 g/mol. The van der Waals surface area contributed by atoms with Crippen LogP contribution in [0, 0.1) is 0 Å². The van der Waals surface area contributed by atoms with Crippen molar-refractivity contribution in [2.75, 3.05) is 11.1 Å². The number of hydrogen-bond acceptors (Lipinski definition) is 4. The molecule has 0 saturated heterocycles. The number of aromatic nitrogens is 3. The van der Waals surface area contributed by atoms with Crippen molar-refractivity contribution in [1.82, 2.24) is 14.8 Å². The maximum absolute atomic E-state index is 11.6. The second-order valence-electron chi connectivity index (χ2n) is 3.34. The zero-order valence-electron chi connectivity index (χ0n) is 8.80. The summed E-state index contributed by atoms with van der Waals surface area (Å²) in [5, 5.41) is 6.97. The first kappa shape index (κ1) is 11.4. The number of carbonyl (C=O) groups is 1. The minimum atomic E-state index is -0.247. The minimum Gasteiger partial charge on any atom is -0.382 e. The molecule has 0 fully saturated rings. The summed E-state index contributed by atoms with van der Waals surface area (Å²) < 4.78 is 1.44. The van der Waals surface area contributed by atoms with E-state index in [0.717, 1.165) is 0 Å². The number of nitrogen functional groups attached to an aromatic ring is 1. The monoisotopic (exact) mass is 251 g/mol. The first-order valence-corrected chi connectivity index (χ1v) is 5.21. The lowest BCUT2D eigenvalue weighted by Gasteiger charge is -2.06. The molecule has 88 valence electrons. The molecule has 0 spiro atoms. The lowest BCUT2D eigenvalue weighted by Crippen LogP contribution is -2.19. The Bertz CT molecular complexity index is 539. The van der Waals surface area contributed by atoms with Crippen molar-refractivity contribution in [3.8, 4) is 0 Å². The molecule has 7 heteroatoms. The highest BCUT2D eigenvalue weighted by Gasteiger charge is 2.07. The molecule has 17 heavy (non-hydrogen) atoms. The van der Waals surface area contributed by atoms with Gasteiger partial charge in [0.05, 0.1) is 16.9 Å². The number of amides is 1. The van der Waals surface area contributed by atoms with E-state index in [4.69, 9.17) is 17.3 Å². The van der Waals surface area contributed by atoms with Crippen LogP contribution in [0.5, 0.6) is 0 Å². The molecule has 0 unspecified atom stereocenters. The fourth-order valence-electron chi connectivity index (χ4n) is 1.27. The minimum absolute atomic E-state index is 0.0718. The quantitative estimate of drug-likeness (QED) is 0.857. The molecule has 0 bridgehead atoms. The van der Waals surface area contributed by atoms with E-state index >= 15 is 0 Å². The Morgan fingerprint density at radius 1 is 1.53 bits per heavy atom. The van der Waals surface area contributed by atoms with E-state index in [0.29, 0.717) is 16.5 Å². The number of pyridine rings is 1. The van der Waals surface area contributed by atoms with Gasteiger partial charge in [0.25, 0.3) is 0 Å². The van der Waals surface area contributed by atoms with Crippen LogP contribution in [0.2, 0.25) is 5.02 Å². The van der Waals surface area contributed by atoms with Gasteiger partial charge in [0.2, 0.25) is 5.91 Å². The summed E-state index contributed by atoms with van der Waals surface area (Å²) in [6.45, 7) is 0.0718. The summed E-state index contributed by atoms with van der Waals surface area (Å²) >= 11 is 5.88. The smallest absolute Gasteiger partial charge is 0.246 e. The van der Waals surface area contributed by atoms with E-state index in [9.17, 15) is 4.79 Å². The molecule has 0 aliphatic heterocycles. The summed E-state index contributed by atoms with van der Waals surface area (Å²) in [5.41, 5.74) is 5.91. The zero-order valence-corrected chi connectivity index (χ0v) is 9.55. The van der Waals surface area contributed by atoms with Crippen LogP contribution < -0.4 is 11.1 Å². The maximum atomic E-state index is 11.6. The molecule has 0 aliphatic carbocycles. The number of nitrogens with one attached hydrogen (secondary N) is 1. The molecule has 0 atom stereocenters. The SMILES string of the molecule is Nc1ccn(CC(=O)Nc2cnccc2Cl)n1. The van der Waals surface area contributed by atoms with Crippen molar-refractivity contribution in [2.24, 2.45) is 0 Å². The first-order valence-electron chi connectivity index (χ1n) is 4.83. The van der Waals surface area contributed by atoms with E-state index in [1.165, 1.54) is 10.9 Å². The van der Waals surface area contributed by atoms with Crippen molar-refractivity contribution in [3.05, 3.63) is 35.7 Å². The predicted molar refractivity (Wildman–Crippen MR) is 64.5 cm³/mol. The van der Waals surface area contributed by atoms with Crippen molar-refractivity contribution >= 4 is 29.0 Å². The number of hydrogen-bond donors (Lipinski definition) is 2. The van der Waals surface area contributed by atoms with Crippen LogP contribution in [0.3, 0.4) is 0 Å². The third kappa shape index (κ3) is 2.94. The van der Waals surface area contributed by atoms with E-state index < -0.39 is 0 Å². The van der Waals surface area contributed by atoms with Gasteiger partial charge in [-0.25, -0.2) is 0 Å². The number of halogens is 1. The van der Waals surface area contributed by atoms with E-state index in [1.54, 1.807) is 24.5 Å². The highest BCUT2D eigenvalue weighted by atomic mass is 35.5. The van der Waals surface area contributed by atoms with Gasteiger partial charge in [0.15, 0.2) is 0 Å². The summed E-state index contributed by atoms with van der Waals surface area (Å²) in [6.07, 6.45) is 4.66. The second-order valence-corrected chi connectivity index (χ2v) is 3.75. The fourth-order valence-corrected chi connectivity index (χ4v) is 1.42. The normalized spacial score (nSPS) is 10.2. The molecule has 1 amide bonds. The molecule has 2 rings (SSSR count). The molecule has 2 aromatic heterocycles. The lowest BCUT2D eigenvalue weighted by molar-refractivity contribution is -0.116. The summed E-state index contributed by atoms with van der Waals surface area (Å²) in [4.78, 5) is 15.5. The van der Waals surface area contributed by atoms with Gasteiger partial charge in [0, 0.05) is 12.4 Å². The predicted octanol–water partition coefficient (Wildman–Crippen LogP) is 1.15. The summed E-state index contributed by atoms with van der Waals surface area (Å²) in [5.74, 6) is 0.125. The van der Waals surface area contributed by atoms with Crippen LogP contribution >= 0.6 is 11.6 Å². The van der Waals surface area contributed by atoms with Crippen LogP contribution in [0.4, 0.5) is 11.5 Å². The van der Waals surface area contributed by atoms with Gasteiger partial charge in [-0.05, 0) is 12.1 Å². The van der Waals surface area contributed by atoms with Crippen LogP contribution in [0.1, 0.15) is 0 Å². The number of nitrogens with two attached hydrogens (primary N) is 1. The van der Waals surface area contributed by atoms with Gasteiger partial charge in [-0.1, -0.05) is 11.6 Å². The Balaban J connectivity index is 2.01. The summed E-state index contributed by atoms with van der Waals surface area (Å²) in [7, 11) is 0. The number of carbonyl (C=O) groups excluding carboxylic acids is 1. The van der Waals surface area contributed by atoms with Crippen molar-refractivity contribution in [2.45, 2.75) is 6.54 Å². The highest BCUT2D eigenvalue weighted by Crippen LogP contribution is 2.18. The van der Waals surface area contributed by atoms with Crippen molar-refractivity contribution in [1.29, 1.82) is 0 Å². The number of nitrogens with zero attached hydrogens (tertiary/aromatic N) is 3. The Morgan fingerprint density at radius 2 is 2.35 bits per heavy atom. The van der Waals surface area contributed by atoms with E-state index in [-0.39, 0.29) is 12.5 Å². The fraction of sp³-hybridized carbons (Fsp3) is 0.100. The van der Waals surface area contributed by atoms with Crippen LogP contribution in [0.25, 0.3) is 0 Å². The van der Waals surface area contributed by atoms with Gasteiger partial charge in [-0.15, -0.1) is 0 Å². The molecule has 3 N–H and O–H groups in total. The topological polar surface area (TPSA) is 85.8 Å². The van der Waals surface area contributed by atoms with Gasteiger partial charge < -0.3 is 11.1 Å². The molecule has 2 heterocycles. The second kappa shape index (κ2) is 4.84. The molecule has 0 aromatic carbocycles. The maximum Gasteiger partial charge on any atom is 0.246 e. The number of anilines is 2. The molecule has 0 saturated carbocycles. The van der Waals surface area contributed by atoms with Crippen LogP contribution in [0.15, 0.2) is 30.7 Å².